The molecular formula is C10H18. The predicted octanol–water partition coefficient (Wildman–Crippen LogP) is 3.70. The Kier molecular flexibility index (Phi) is 6.25. The van der Waals surface area contributed by atoms with E-state index >= 15 is 0 Å². The highest BCUT2D eigenvalue weighted by molar-refractivity contribution is 5.15. The van der Waals surface area contributed by atoms with Gasteiger partial charge in [0.15, 0.2) is 0 Å². The van der Waals surface area contributed by atoms with E-state index in [1.54, 1.807) is 0 Å². The van der Waals surface area contributed by atoms with Crippen LogP contribution in [-0.4, -0.2) is 0 Å². The van der Waals surface area contributed by atoms with Gasteiger partial charge in [-0.05, 0) is 19.8 Å². The summed E-state index contributed by atoms with van der Waals surface area (Å²) < 4.78 is 0. The van der Waals surface area contributed by atoms with Crippen molar-refractivity contribution in [1.29, 1.82) is 0 Å². The lowest BCUT2D eigenvalue weighted by Crippen LogP contribution is -1.67. The fourth-order valence-corrected chi connectivity index (χ4v) is 0.826. The Balaban J connectivity index is 3.55. The maximum atomic E-state index is 2.24. The van der Waals surface area contributed by atoms with Gasteiger partial charge in [0.2, 0.25) is 0 Å². The molecule has 0 radical (unpaired) electrons. The van der Waals surface area contributed by atoms with Crippen LogP contribution in [0.4, 0.5) is 0 Å². The van der Waals surface area contributed by atoms with E-state index in [2.05, 4.69) is 39.0 Å². The average Bonchev–Trinajstić information content (AvgIpc) is 1.89. The fraction of sp³-hybridized carbons (Fsp3) is 0.600. The third-order valence-corrected chi connectivity index (χ3v) is 1.36. The van der Waals surface area contributed by atoms with Gasteiger partial charge in [-0.25, -0.2) is 0 Å². The molecular weight excluding hydrogens is 120 g/mol. The van der Waals surface area contributed by atoms with Gasteiger partial charge in [-0.3, -0.25) is 0 Å². The molecule has 0 aliphatic heterocycles. The number of allylic oxidation sites excluding steroid dienone is 4. The first-order valence-electron chi connectivity index (χ1n) is 4.14. The first-order chi connectivity index (χ1) is 4.81. The minimum Gasteiger partial charge on any atom is -0.0843 e. The van der Waals surface area contributed by atoms with Crippen LogP contribution in [0.5, 0.6) is 0 Å². The predicted molar refractivity (Wildman–Crippen MR) is 48.1 cm³/mol. The summed E-state index contributed by atoms with van der Waals surface area (Å²) >= 11 is 0. The first kappa shape index (κ1) is 9.48. The van der Waals surface area contributed by atoms with Gasteiger partial charge >= 0.3 is 0 Å². The molecule has 0 bridgehead atoms. The van der Waals surface area contributed by atoms with Crippen molar-refractivity contribution in [3.8, 4) is 0 Å². The summed E-state index contributed by atoms with van der Waals surface area (Å²) in [7, 11) is 0. The third kappa shape index (κ3) is 5.61. The molecule has 58 valence electrons. The molecule has 0 amide bonds. The van der Waals surface area contributed by atoms with Crippen LogP contribution in [0, 0.1) is 0 Å². The average molecular weight is 138 g/mol. The van der Waals surface area contributed by atoms with Gasteiger partial charge in [-0.15, -0.1) is 0 Å². The standard InChI is InChI=1S/C10H18/c1-4-6-7-9-10(3)8-5-2/h7-9H,4-6H2,1-3H3/b9-7+,10-8+. The van der Waals surface area contributed by atoms with Gasteiger partial charge < -0.3 is 0 Å². The maximum Gasteiger partial charge on any atom is -0.0350 e. The van der Waals surface area contributed by atoms with Crippen LogP contribution in [0.1, 0.15) is 40.0 Å². The number of hydrogen-bond acceptors (Lipinski definition) is 0. The van der Waals surface area contributed by atoms with Crippen molar-refractivity contribution in [2.75, 3.05) is 0 Å². The summed E-state index contributed by atoms with van der Waals surface area (Å²) in [6.45, 7) is 6.51. The largest absolute Gasteiger partial charge is 0.0843 e. The Bertz CT molecular complexity index is 118. The van der Waals surface area contributed by atoms with Crippen LogP contribution in [0.2, 0.25) is 0 Å². The molecule has 0 saturated carbocycles. The van der Waals surface area contributed by atoms with E-state index in [0.717, 1.165) is 6.42 Å². The molecule has 10 heavy (non-hydrogen) atoms. The molecule has 0 spiro atoms. The van der Waals surface area contributed by atoms with Crippen LogP contribution in [-0.2, 0) is 0 Å². The van der Waals surface area contributed by atoms with Crippen LogP contribution in [0.3, 0.4) is 0 Å². The lowest BCUT2D eigenvalue weighted by molar-refractivity contribution is 0.957. The quantitative estimate of drug-likeness (QED) is 0.520. The Hall–Kier alpha value is -0.520. The highest BCUT2D eigenvalue weighted by atomic mass is 13.8. The summed E-state index contributed by atoms with van der Waals surface area (Å²) in [5, 5.41) is 0. The molecule has 0 unspecified atom stereocenters. The second-order valence-corrected chi connectivity index (χ2v) is 2.55. The molecule has 0 aliphatic rings. The first-order valence-corrected chi connectivity index (χ1v) is 4.14. The lowest BCUT2D eigenvalue weighted by atomic mass is 10.2. The molecule has 0 nitrogen and oxygen atoms in total. The minimum absolute atomic E-state index is 1.14. The Labute approximate surface area is 64.6 Å². The van der Waals surface area contributed by atoms with E-state index in [1.165, 1.54) is 18.4 Å². The molecule has 0 aliphatic carbocycles. The second kappa shape index (κ2) is 6.60. The molecule has 0 aromatic heterocycles. The zero-order valence-corrected chi connectivity index (χ0v) is 7.35. The number of rotatable bonds is 4. The van der Waals surface area contributed by atoms with Gasteiger partial charge in [-0.1, -0.05) is 44.1 Å². The molecule has 0 fully saturated rings. The summed E-state index contributed by atoms with van der Waals surface area (Å²) in [5.41, 5.74) is 1.39. The van der Waals surface area contributed by atoms with Crippen molar-refractivity contribution in [3.63, 3.8) is 0 Å². The van der Waals surface area contributed by atoms with Gasteiger partial charge in [0.1, 0.15) is 0 Å². The van der Waals surface area contributed by atoms with E-state index in [9.17, 15) is 0 Å². The highest BCUT2D eigenvalue weighted by Gasteiger charge is 1.77. The molecule has 0 atom stereocenters. The Morgan fingerprint density at radius 1 is 1.30 bits per heavy atom. The van der Waals surface area contributed by atoms with Crippen LogP contribution < -0.4 is 0 Å². The van der Waals surface area contributed by atoms with Crippen molar-refractivity contribution in [2.24, 2.45) is 0 Å². The van der Waals surface area contributed by atoms with Crippen LogP contribution in [0.15, 0.2) is 23.8 Å². The molecule has 0 heteroatoms. The topological polar surface area (TPSA) is 0 Å². The van der Waals surface area contributed by atoms with E-state index < -0.39 is 0 Å². The van der Waals surface area contributed by atoms with E-state index in [4.69, 9.17) is 0 Å². The van der Waals surface area contributed by atoms with E-state index in [0.29, 0.717) is 0 Å². The fourth-order valence-electron chi connectivity index (χ4n) is 0.826. The lowest BCUT2D eigenvalue weighted by Gasteiger charge is -1.88. The summed E-state index contributed by atoms with van der Waals surface area (Å²) in [6, 6.07) is 0. The zero-order chi connectivity index (χ0) is 7.82. The molecule has 0 heterocycles. The van der Waals surface area contributed by atoms with Gasteiger partial charge in [-0.2, -0.15) is 0 Å². The zero-order valence-electron chi connectivity index (χ0n) is 7.35. The van der Waals surface area contributed by atoms with Gasteiger partial charge in [0.05, 0.1) is 0 Å². The van der Waals surface area contributed by atoms with E-state index in [1.807, 2.05) is 0 Å². The van der Waals surface area contributed by atoms with Gasteiger partial charge in [0.25, 0.3) is 0 Å². The molecule has 0 N–H and O–H groups in total. The van der Waals surface area contributed by atoms with Crippen LogP contribution in [0.25, 0.3) is 0 Å². The van der Waals surface area contributed by atoms with Crippen molar-refractivity contribution >= 4 is 0 Å². The van der Waals surface area contributed by atoms with Crippen molar-refractivity contribution in [1.82, 2.24) is 0 Å². The Morgan fingerprint density at radius 3 is 2.50 bits per heavy atom. The molecule has 0 saturated heterocycles. The third-order valence-electron chi connectivity index (χ3n) is 1.36. The SMILES string of the molecule is CC/C=C(C)/C=C/CCC. The Morgan fingerprint density at radius 2 is 2.00 bits per heavy atom. The molecule has 0 rings (SSSR count). The number of hydrogen-bond donors (Lipinski definition) is 0. The van der Waals surface area contributed by atoms with Crippen LogP contribution >= 0.6 is 0 Å². The summed E-state index contributed by atoms with van der Waals surface area (Å²) in [6.07, 6.45) is 10.3. The summed E-state index contributed by atoms with van der Waals surface area (Å²) in [5.74, 6) is 0. The van der Waals surface area contributed by atoms with Gasteiger partial charge in [0, 0.05) is 0 Å². The highest BCUT2D eigenvalue weighted by Crippen LogP contribution is 1.98. The molecule has 0 aromatic rings. The second-order valence-electron chi connectivity index (χ2n) is 2.55. The van der Waals surface area contributed by atoms with E-state index in [-0.39, 0.29) is 0 Å². The maximum absolute atomic E-state index is 2.24. The summed E-state index contributed by atoms with van der Waals surface area (Å²) in [4.78, 5) is 0. The van der Waals surface area contributed by atoms with Crippen molar-refractivity contribution in [3.05, 3.63) is 23.8 Å². The van der Waals surface area contributed by atoms with Crippen molar-refractivity contribution in [2.45, 2.75) is 40.0 Å². The minimum atomic E-state index is 1.14. The van der Waals surface area contributed by atoms with Crippen molar-refractivity contribution < 1.29 is 0 Å². The molecule has 0 aromatic carbocycles. The number of unbranched alkanes of at least 4 members (excludes halogenated alkanes) is 1. The monoisotopic (exact) mass is 138 g/mol. The smallest absolute Gasteiger partial charge is 0.0350 e. The normalized spacial score (nSPS) is 12.9.